The monoisotopic (exact) mass is 435 g/mol. The van der Waals surface area contributed by atoms with Crippen molar-refractivity contribution in [3.63, 3.8) is 0 Å². The van der Waals surface area contributed by atoms with E-state index in [1.807, 2.05) is 47.0 Å². The fourth-order valence-corrected chi connectivity index (χ4v) is 3.54. The van der Waals surface area contributed by atoms with Gasteiger partial charge >= 0.3 is 0 Å². The lowest BCUT2D eigenvalue weighted by Crippen LogP contribution is -2.13. The van der Waals surface area contributed by atoms with Crippen molar-refractivity contribution in [2.75, 3.05) is 10.6 Å². The predicted molar refractivity (Wildman–Crippen MR) is 127 cm³/mol. The smallest absolute Gasteiger partial charge is 0.274 e. The summed E-state index contributed by atoms with van der Waals surface area (Å²) in [5.74, 6) is 0.957. The molecule has 0 saturated heterocycles. The second kappa shape index (κ2) is 8.88. The number of carbonyl (C=O) groups excluding carboxylic acids is 1. The number of hydrogen-bond donors (Lipinski definition) is 2. The Bertz CT molecular complexity index is 1400. The highest BCUT2D eigenvalue weighted by Gasteiger charge is 2.12. The first-order chi connectivity index (χ1) is 16.2. The molecule has 0 aliphatic rings. The van der Waals surface area contributed by atoms with Gasteiger partial charge in [-0.1, -0.05) is 36.4 Å². The summed E-state index contributed by atoms with van der Waals surface area (Å²) in [5.41, 5.74) is 3.75. The molecule has 33 heavy (non-hydrogen) atoms. The topological polar surface area (TPSA) is 97.6 Å². The second-order valence-corrected chi connectivity index (χ2v) is 7.50. The molecule has 2 aromatic carbocycles. The van der Waals surface area contributed by atoms with Crippen LogP contribution in [0.15, 0.2) is 91.5 Å². The maximum atomic E-state index is 12.4. The van der Waals surface area contributed by atoms with E-state index in [9.17, 15) is 4.79 Å². The number of benzene rings is 2. The Hall–Kier alpha value is -4.59. The number of nitrogens with zero attached hydrogens (tertiary/aromatic N) is 5. The minimum absolute atomic E-state index is 0.0613. The van der Waals surface area contributed by atoms with Crippen molar-refractivity contribution in [2.45, 2.75) is 13.0 Å². The molecule has 0 bridgehead atoms. The molecule has 0 saturated carbocycles. The van der Waals surface area contributed by atoms with Crippen LogP contribution in [0.25, 0.3) is 16.9 Å². The van der Waals surface area contributed by atoms with E-state index in [2.05, 4.69) is 49.6 Å². The highest BCUT2D eigenvalue weighted by Crippen LogP contribution is 2.22. The zero-order valence-corrected chi connectivity index (χ0v) is 17.9. The third-order valence-electron chi connectivity index (χ3n) is 5.24. The Morgan fingerprint density at radius 1 is 0.909 bits per heavy atom. The Kier molecular flexibility index (Phi) is 5.47. The van der Waals surface area contributed by atoms with Gasteiger partial charge in [-0.15, -0.1) is 0 Å². The van der Waals surface area contributed by atoms with Gasteiger partial charge in [-0.3, -0.25) is 14.3 Å². The number of hydrogen-bond acceptors (Lipinski definition) is 6. The first-order valence-corrected chi connectivity index (χ1v) is 10.5. The molecule has 0 aliphatic carbocycles. The Morgan fingerprint density at radius 2 is 1.76 bits per heavy atom. The van der Waals surface area contributed by atoms with E-state index in [-0.39, 0.29) is 11.9 Å². The first-order valence-electron chi connectivity index (χ1n) is 10.5. The number of nitrogens with one attached hydrogen (secondary N) is 2. The summed E-state index contributed by atoms with van der Waals surface area (Å²) >= 11 is 0. The number of fused-ring (bicyclic) bond motifs is 1. The van der Waals surface area contributed by atoms with E-state index < -0.39 is 0 Å². The van der Waals surface area contributed by atoms with Crippen molar-refractivity contribution in [2.24, 2.45) is 0 Å². The van der Waals surface area contributed by atoms with E-state index in [4.69, 9.17) is 0 Å². The van der Waals surface area contributed by atoms with Crippen LogP contribution < -0.4 is 10.6 Å². The molecule has 1 amide bonds. The van der Waals surface area contributed by atoms with Gasteiger partial charge in [0, 0.05) is 18.1 Å². The number of amides is 1. The number of carbonyl (C=O) groups is 1. The molecule has 8 nitrogen and oxygen atoms in total. The van der Waals surface area contributed by atoms with Crippen LogP contribution in [-0.2, 0) is 0 Å². The molecule has 0 aliphatic heterocycles. The van der Waals surface area contributed by atoms with Gasteiger partial charge in [-0.05, 0) is 48.9 Å². The summed E-state index contributed by atoms with van der Waals surface area (Å²) in [4.78, 5) is 30.0. The summed E-state index contributed by atoms with van der Waals surface area (Å²) in [6.07, 6.45) is 5.02. The zero-order chi connectivity index (χ0) is 22.6. The fourth-order valence-electron chi connectivity index (χ4n) is 3.54. The molecule has 0 spiro atoms. The summed E-state index contributed by atoms with van der Waals surface area (Å²) in [7, 11) is 0. The van der Waals surface area contributed by atoms with E-state index in [0.717, 1.165) is 16.6 Å². The van der Waals surface area contributed by atoms with Crippen LogP contribution in [0, 0.1) is 0 Å². The summed E-state index contributed by atoms with van der Waals surface area (Å²) in [5, 5.41) is 6.20. The number of pyridine rings is 1. The third kappa shape index (κ3) is 4.40. The Balaban J connectivity index is 1.37. The summed E-state index contributed by atoms with van der Waals surface area (Å²) in [6, 6.07) is 22.8. The molecule has 5 aromatic rings. The van der Waals surface area contributed by atoms with Gasteiger partial charge < -0.3 is 10.6 Å². The quantitative estimate of drug-likeness (QED) is 0.403. The number of rotatable bonds is 6. The van der Waals surface area contributed by atoms with Crippen LogP contribution >= 0.6 is 0 Å². The normalized spacial score (nSPS) is 11.8. The lowest BCUT2D eigenvalue weighted by molar-refractivity contribution is 0.102. The van der Waals surface area contributed by atoms with Crippen molar-refractivity contribution in [1.29, 1.82) is 0 Å². The minimum Gasteiger partial charge on any atom is -0.348 e. The molecule has 0 radical (unpaired) electrons. The van der Waals surface area contributed by atoms with Gasteiger partial charge in [0.2, 0.25) is 5.95 Å². The van der Waals surface area contributed by atoms with Crippen molar-refractivity contribution in [3.8, 4) is 5.82 Å². The average molecular weight is 435 g/mol. The molecule has 0 fully saturated rings. The third-order valence-corrected chi connectivity index (χ3v) is 5.24. The van der Waals surface area contributed by atoms with Crippen molar-refractivity contribution < 1.29 is 4.79 Å². The fraction of sp³-hybridized carbons (Fsp3) is 0.0800. The minimum atomic E-state index is -0.270. The lowest BCUT2D eigenvalue weighted by atomic mass is 10.1. The van der Waals surface area contributed by atoms with Gasteiger partial charge in [0.25, 0.3) is 5.91 Å². The van der Waals surface area contributed by atoms with Gasteiger partial charge in [-0.2, -0.15) is 4.98 Å². The molecule has 8 heteroatoms. The van der Waals surface area contributed by atoms with E-state index in [0.29, 0.717) is 23.1 Å². The molecule has 3 heterocycles. The van der Waals surface area contributed by atoms with E-state index in [1.165, 1.54) is 0 Å². The zero-order valence-electron chi connectivity index (χ0n) is 17.9. The van der Waals surface area contributed by atoms with Gasteiger partial charge in [-0.25, -0.2) is 9.97 Å². The van der Waals surface area contributed by atoms with E-state index in [1.54, 1.807) is 36.9 Å². The van der Waals surface area contributed by atoms with Crippen LogP contribution in [0.4, 0.5) is 11.6 Å². The molecule has 1 atom stereocenters. The predicted octanol–water partition coefficient (Wildman–Crippen LogP) is 4.64. The van der Waals surface area contributed by atoms with Crippen LogP contribution in [0.2, 0.25) is 0 Å². The Labute approximate surface area is 190 Å². The standard InChI is InChI=1S/C25H21N7O/c1-17(18-7-3-2-4-8-18)29-25-27-14-12-23(31-25)32-16-28-21-15-19(10-11-22(21)32)30-24(33)20-9-5-6-13-26-20/h2-17H,1H3,(H,30,33)(H,27,29,31). The van der Waals surface area contributed by atoms with Crippen LogP contribution in [0.5, 0.6) is 0 Å². The maximum Gasteiger partial charge on any atom is 0.274 e. The largest absolute Gasteiger partial charge is 0.348 e. The SMILES string of the molecule is CC(Nc1nccc(-n2cnc3cc(NC(=O)c4ccccn4)ccc32)n1)c1ccccc1. The van der Waals surface area contributed by atoms with Crippen LogP contribution in [0.1, 0.15) is 29.0 Å². The van der Waals surface area contributed by atoms with Crippen LogP contribution in [0.3, 0.4) is 0 Å². The summed E-state index contributed by atoms with van der Waals surface area (Å²) < 4.78 is 1.89. The van der Waals surface area contributed by atoms with E-state index >= 15 is 0 Å². The average Bonchev–Trinajstić information content (AvgIpc) is 3.28. The van der Waals surface area contributed by atoms with Crippen LogP contribution in [-0.4, -0.2) is 30.4 Å². The van der Waals surface area contributed by atoms with Crippen molar-refractivity contribution in [1.82, 2.24) is 24.5 Å². The van der Waals surface area contributed by atoms with Crippen molar-refractivity contribution >= 4 is 28.6 Å². The van der Waals surface area contributed by atoms with Gasteiger partial charge in [0.05, 0.1) is 17.1 Å². The molecule has 5 rings (SSSR count). The van der Waals surface area contributed by atoms with Gasteiger partial charge in [0.15, 0.2) is 0 Å². The van der Waals surface area contributed by atoms with Gasteiger partial charge in [0.1, 0.15) is 17.8 Å². The molecule has 2 N–H and O–H groups in total. The Morgan fingerprint density at radius 3 is 2.58 bits per heavy atom. The summed E-state index contributed by atoms with van der Waals surface area (Å²) in [6.45, 7) is 2.07. The molecule has 1 unspecified atom stereocenters. The highest BCUT2D eigenvalue weighted by molar-refractivity contribution is 6.03. The maximum absolute atomic E-state index is 12.4. The molecular weight excluding hydrogens is 414 g/mol. The number of anilines is 2. The first kappa shape index (κ1) is 20.3. The molecule has 3 aromatic heterocycles. The van der Waals surface area contributed by atoms with Crippen molar-refractivity contribution in [3.05, 3.63) is 103 Å². The molecular formula is C25H21N7O. The molecule has 162 valence electrons. The second-order valence-electron chi connectivity index (χ2n) is 7.50. The lowest BCUT2D eigenvalue weighted by Gasteiger charge is -2.14. The number of aromatic nitrogens is 5. The number of imidazole rings is 1. The highest BCUT2D eigenvalue weighted by atomic mass is 16.1.